The van der Waals surface area contributed by atoms with Crippen molar-refractivity contribution in [3.8, 4) is 0 Å². The number of hydrogen-bond donors (Lipinski definition) is 3. The Balaban J connectivity index is 1.91. The Hall–Kier alpha value is -2.02. The minimum Gasteiger partial charge on any atom is -0.481 e. The molecule has 1 unspecified atom stereocenters. The van der Waals surface area contributed by atoms with Crippen LogP contribution in [0.15, 0.2) is 29.4 Å². The summed E-state index contributed by atoms with van der Waals surface area (Å²) in [7, 11) is 0. The fourth-order valence-electron chi connectivity index (χ4n) is 1.82. The van der Waals surface area contributed by atoms with E-state index in [1.807, 2.05) is 24.3 Å². The number of H-pyrrole nitrogens is 1. The molecule has 0 bridgehead atoms. The zero-order valence-corrected chi connectivity index (χ0v) is 11.4. The summed E-state index contributed by atoms with van der Waals surface area (Å²) in [5.41, 5.74) is 1.78. The van der Waals surface area contributed by atoms with Crippen molar-refractivity contribution in [3.63, 3.8) is 0 Å². The summed E-state index contributed by atoms with van der Waals surface area (Å²) < 4.78 is 0. The topological polar surface area (TPSA) is 103 Å². The quantitative estimate of drug-likeness (QED) is 0.676. The van der Waals surface area contributed by atoms with Gasteiger partial charge in [0.15, 0.2) is 5.16 Å². The van der Waals surface area contributed by atoms with Crippen molar-refractivity contribution in [3.05, 3.63) is 24.3 Å². The fraction of sp³-hybridized carbons (Fsp3) is 0.308. The summed E-state index contributed by atoms with van der Waals surface area (Å²) in [6.45, 7) is 0. The molecule has 20 heavy (non-hydrogen) atoms. The molecule has 0 radical (unpaired) electrons. The number of imidazole rings is 1. The number of carboxylic acid groups (broad SMARTS) is 2. The number of fused-ring (bicyclic) bond motifs is 1. The van der Waals surface area contributed by atoms with E-state index in [2.05, 4.69) is 9.97 Å². The first kappa shape index (κ1) is 14.4. The minimum atomic E-state index is -1.09. The largest absolute Gasteiger partial charge is 0.481 e. The van der Waals surface area contributed by atoms with Crippen LogP contribution in [0.2, 0.25) is 0 Å². The maximum Gasteiger partial charge on any atom is 0.307 e. The normalized spacial score (nSPS) is 12.4. The highest BCUT2D eigenvalue weighted by Gasteiger charge is 2.20. The summed E-state index contributed by atoms with van der Waals surface area (Å²) in [5.74, 6) is -2.52. The van der Waals surface area contributed by atoms with Gasteiger partial charge in [0, 0.05) is 5.75 Å². The molecule has 1 atom stereocenters. The van der Waals surface area contributed by atoms with Crippen LogP contribution in [0.4, 0.5) is 0 Å². The molecule has 0 fully saturated rings. The van der Waals surface area contributed by atoms with E-state index in [-0.39, 0.29) is 6.42 Å². The summed E-state index contributed by atoms with van der Waals surface area (Å²) in [6.07, 6.45) is -0.0562. The molecule has 2 aromatic rings. The first-order chi connectivity index (χ1) is 9.56. The number of aliphatic carboxylic acids is 2. The SMILES string of the molecule is O=C(O)CC(CCSc1nc2ccccc2[nH]1)C(=O)O. The van der Waals surface area contributed by atoms with E-state index in [1.165, 1.54) is 11.8 Å². The Morgan fingerprint density at radius 1 is 1.30 bits per heavy atom. The van der Waals surface area contributed by atoms with E-state index in [1.54, 1.807) is 0 Å². The number of thioether (sulfide) groups is 1. The van der Waals surface area contributed by atoms with Crippen LogP contribution in [-0.2, 0) is 9.59 Å². The molecule has 0 spiro atoms. The standard InChI is InChI=1S/C13H14N2O4S/c16-11(17)7-8(12(18)19)5-6-20-13-14-9-3-1-2-4-10(9)15-13/h1-4,8H,5-7H2,(H,14,15)(H,16,17)(H,18,19). The van der Waals surface area contributed by atoms with Crippen molar-refractivity contribution >= 4 is 34.7 Å². The third-order valence-corrected chi connectivity index (χ3v) is 3.75. The molecule has 0 aliphatic carbocycles. The predicted molar refractivity (Wildman–Crippen MR) is 74.8 cm³/mol. The van der Waals surface area contributed by atoms with Gasteiger partial charge in [0.1, 0.15) is 0 Å². The van der Waals surface area contributed by atoms with E-state index in [4.69, 9.17) is 10.2 Å². The van der Waals surface area contributed by atoms with E-state index in [0.29, 0.717) is 17.3 Å². The lowest BCUT2D eigenvalue weighted by Gasteiger charge is -2.08. The lowest BCUT2D eigenvalue weighted by molar-refractivity contribution is -0.148. The monoisotopic (exact) mass is 294 g/mol. The second-order valence-electron chi connectivity index (χ2n) is 4.33. The number of aromatic amines is 1. The first-order valence-electron chi connectivity index (χ1n) is 6.08. The predicted octanol–water partition coefficient (Wildman–Crippen LogP) is 2.22. The highest BCUT2D eigenvalue weighted by molar-refractivity contribution is 7.99. The van der Waals surface area contributed by atoms with Gasteiger partial charge in [-0.1, -0.05) is 23.9 Å². The van der Waals surface area contributed by atoms with Gasteiger partial charge in [-0.25, -0.2) is 4.98 Å². The highest BCUT2D eigenvalue weighted by atomic mass is 32.2. The van der Waals surface area contributed by atoms with Crippen LogP contribution in [0, 0.1) is 5.92 Å². The molecule has 1 heterocycles. The van der Waals surface area contributed by atoms with Crippen LogP contribution in [0.25, 0.3) is 11.0 Å². The number of rotatable bonds is 7. The zero-order chi connectivity index (χ0) is 14.5. The fourth-order valence-corrected chi connectivity index (χ4v) is 2.76. The second kappa shape index (κ2) is 6.42. The van der Waals surface area contributed by atoms with Crippen LogP contribution in [0.5, 0.6) is 0 Å². The van der Waals surface area contributed by atoms with Gasteiger partial charge >= 0.3 is 11.9 Å². The minimum absolute atomic E-state index is 0.295. The van der Waals surface area contributed by atoms with Gasteiger partial charge in [0.05, 0.1) is 23.4 Å². The summed E-state index contributed by atoms with van der Waals surface area (Å²) in [6, 6.07) is 7.60. The molecule has 0 saturated carbocycles. The Morgan fingerprint density at radius 2 is 2.05 bits per heavy atom. The molecule has 1 aromatic carbocycles. The van der Waals surface area contributed by atoms with Crippen LogP contribution in [0.3, 0.4) is 0 Å². The first-order valence-corrected chi connectivity index (χ1v) is 7.07. The van der Waals surface area contributed by atoms with E-state index in [0.717, 1.165) is 11.0 Å². The number of hydrogen-bond acceptors (Lipinski definition) is 4. The van der Waals surface area contributed by atoms with Gasteiger partial charge in [-0.15, -0.1) is 0 Å². The van der Waals surface area contributed by atoms with Gasteiger partial charge in [-0.2, -0.15) is 0 Å². The van der Waals surface area contributed by atoms with Crippen LogP contribution < -0.4 is 0 Å². The van der Waals surface area contributed by atoms with Crippen LogP contribution >= 0.6 is 11.8 Å². The molecular weight excluding hydrogens is 280 g/mol. The lowest BCUT2D eigenvalue weighted by Crippen LogP contribution is -2.18. The van der Waals surface area contributed by atoms with Crippen molar-refractivity contribution in [1.82, 2.24) is 9.97 Å². The third-order valence-electron chi connectivity index (χ3n) is 2.84. The van der Waals surface area contributed by atoms with Crippen molar-refractivity contribution in [1.29, 1.82) is 0 Å². The third kappa shape index (κ3) is 3.74. The number of benzene rings is 1. The van der Waals surface area contributed by atoms with Gasteiger partial charge in [-0.05, 0) is 18.6 Å². The average Bonchev–Trinajstić information content (AvgIpc) is 2.79. The molecule has 2 rings (SSSR count). The molecule has 1 aromatic heterocycles. The molecule has 0 aliphatic rings. The number of para-hydroxylation sites is 2. The van der Waals surface area contributed by atoms with Crippen LogP contribution in [0.1, 0.15) is 12.8 Å². The van der Waals surface area contributed by atoms with Crippen molar-refractivity contribution < 1.29 is 19.8 Å². The average molecular weight is 294 g/mol. The van der Waals surface area contributed by atoms with Gasteiger partial charge in [0.2, 0.25) is 0 Å². The maximum atomic E-state index is 10.9. The van der Waals surface area contributed by atoms with Crippen molar-refractivity contribution in [2.45, 2.75) is 18.0 Å². The maximum absolute atomic E-state index is 10.9. The molecule has 106 valence electrons. The van der Waals surface area contributed by atoms with Gasteiger partial charge < -0.3 is 15.2 Å². The van der Waals surface area contributed by atoms with Crippen molar-refractivity contribution in [2.75, 3.05) is 5.75 Å². The summed E-state index contributed by atoms with van der Waals surface area (Å²) >= 11 is 1.40. The van der Waals surface area contributed by atoms with Crippen molar-refractivity contribution in [2.24, 2.45) is 5.92 Å². The number of carboxylic acids is 2. The smallest absolute Gasteiger partial charge is 0.307 e. The highest BCUT2D eigenvalue weighted by Crippen LogP contribution is 2.22. The van der Waals surface area contributed by atoms with Crippen LogP contribution in [-0.4, -0.2) is 37.9 Å². The van der Waals surface area contributed by atoms with Gasteiger partial charge in [-0.3, -0.25) is 9.59 Å². The Bertz CT molecular complexity index is 593. The Morgan fingerprint density at radius 3 is 2.70 bits per heavy atom. The molecular formula is C13H14N2O4S. The number of carbonyl (C=O) groups is 2. The number of nitrogens with one attached hydrogen (secondary N) is 1. The van der Waals surface area contributed by atoms with E-state index >= 15 is 0 Å². The summed E-state index contributed by atoms with van der Waals surface area (Å²) in [5, 5.41) is 18.3. The van der Waals surface area contributed by atoms with E-state index in [9.17, 15) is 9.59 Å². The molecule has 0 aliphatic heterocycles. The lowest BCUT2D eigenvalue weighted by atomic mass is 10.0. The molecule has 7 heteroatoms. The Labute approximate surface area is 119 Å². The molecule has 6 nitrogen and oxygen atoms in total. The number of aromatic nitrogens is 2. The zero-order valence-electron chi connectivity index (χ0n) is 10.6. The molecule has 0 saturated heterocycles. The molecule has 0 amide bonds. The second-order valence-corrected chi connectivity index (χ2v) is 5.41. The number of nitrogens with zero attached hydrogens (tertiary/aromatic N) is 1. The summed E-state index contributed by atoms with van der Waals surface area (Å²) in [4.78, 5) is 29.0. The Kier molecular flexibility index (Phi) is 4.62. The molecule has 3 N–H and O–H groups in total. The van der Waals surface area contributed by atoms with E-state index < -0.39 is 17.9 Å². The van der Waals surface area contributed by atoms with Gasteiger partial charge in [0.25, 0.3) is 0 Å².